The largest absolute Gasteiger partial charge is 0.339 e. The number of nitrogens with zero attached hydrogens (tertiary/aromatic N) is 2. The second kappa shape index (κ2) is 5.75. The van der Waals surface area contributed by atoms with Crippen molar-refractivity contribution in [3.05, 3.63) is 35.7 Å². The predicted molar refractivity (Wildman–Crippen MR) is 80.2 cm³/mol. The smallest absolute Gasteiger partial charge is 0.228 e. The molecule has 1 aromatic carbocycles. The van der Waals surface area contributed by atoms with Gasteiger partial charge in [0, 0.05) is 18.0 Å². The first-order valence-electron chi connectivity index (χ1n) is 6.99. The molecule has 1 aromatic heterocycles. The summed E-state index contributed by atoms with van der Waals surface area (Å²) in [6.07, 6.45) is 1.55. The summed E-state index contributed by atoms with van der Waals surface area (Å²) in [6.45, 7) is 8.59. The standard InChI is InChI=1S/C16H23N3O/c1-11-5-7-12(8-6-11)15-18-14(20-19-15)9-13(17)10-16(2,3)4/h5-8,13H,9-10,17H2,1-4H3. The van der Waals surface area contributed by atoms with E-state index in [2.05, 4.69) is 37.8 Å². The van der Waals surface area contributed by atoms with Gasteiger partial charge in [-0.2, -0.15) is 4.98 Å². The van der Waals surface area contributed by atoms with E-state index in [1.54, 1.807) is 0 Å². The van der Waals surface area contributed by atoms with Gasteiger partial charge in [-0.05, 0) is 18.8 Å². The lowest BCUT2D eigenvalue weighted by molar-refractivity contribution is 0.313. The van der Waals surface area contributed by atoms with Gasteiger partial charge >= 0.3 is 0 Å². The van der Waals surface area contributed by atoms with Crippen molar-refractivity contribution in [2.24, 2.45) is 11.1 Å². The Hall–Kier alpha value is -1.68. The first-order chi connectivity index (χ1) is 9.33. The van der Waals surface area contributed by atoms with Crippen molar-refractivity contribution in [1.29, 1.82) is 0 Å². The fraction of sp³-hybridized carbons (Fsp3) is 0.500. The van der Waals surface area contributed by atoms with Crippen LogP contribution in [0.1, 0.15) is 38.6 Å². The summed E-state index contributed by atoms with van der Waals surface area (Å²) < 4.78 is 5.29. The molecule has 20 heavy (non-hydrogen) atoms. The van der Waals surface area contributed by atoms with Gasteiger partial charge in [0.05, 0.1) is 0 Å². The molecule has 4 heteroatoms. The Morgan fingerprint density at radius 2 is 1.85 bits per heavy atom. The quantitative estimate of drug-likeness (QED) is 0.927. The number of aryl methyl sites for hydroxylation is 1. The van der Waals surface area contributed by atoms with Crippen LogP contribution in [0.25, 0.3) is 11.4 Å². The zero-order chi connectivity index (χ0) is 14.8. The maximum atomic E-state index is 6.13. The molecule has 0 saturated heterocycles. The van der Waals surface area contributed by atoms with E-state index < -0.39 is 0 Å². The van der Waals surface area contributed by atoms with Gasteiger partial charge in [-0.25, -0.2) is 0 Å². The lowest BCUT2D eigenvalue weighted by Gasteiger charge is -2.21. The summed E-state index contributed by atoms with van der Waals surface area (Å²) in [7, 11) is 0. The summed E-state index contributed by atoms with van der Waals surface area (Å²) in [5, 5.41) is 4.02. The predicted octanol–water partition coefficient (Wildman–Crippen LogP) is 3.35. The number of hydrogen-bond acceptors (Lipinski definition) is 4. The highest BCUT2D eigenvalue weighted by Gasteiger charge is 2.18. The zero-order valence-corrected chi connectivity index (χ0v) is 12.7. The highest BCUT2D eigenvalue weighted by Crippen LogP contribution is 2.22. The number of benzene rings is 1. The first-order valence-corrected chi connectivity index (χ1v) is 6.99. The van der Waals surface area contributed by atoms with Crippen LogP contribution in [0.15, 0.2) is 28.8 Å². The number of nitrogens with two attached hydrogens (primary N) is 1. The Bertz CT molecular complexity index is 552. The molecule has 0 aliphatic carbocycles. The van der Waals surface area contributed by atoms with Crippen LogP contribution in [-0.2, 0) is 6.42 Å². The molecule has 4 nitrogen and oxygen atoms in total. The van der Waals surface area contributed by atoms with Gasteiger partial charge in [0.2, 0.25) is 11.7 Å². The molecule has 108 valence electrons. The van der Waals surface area contributed by atoms with E-state index in [-0.39, 0.29) is 11.5 Å². The third-order valence-electron chi connectivity index (χ3n) is 3.09. The average molecular weight is 273 g/mol. The molecule has 2 rings (SSSR count). The van der Waals surface area contributed by atoms with Gasteiger partial charge in [0.25, 0.3) is 0 Å². The van der Waals surface area contributed by atoms with Crippen LogP contribution in [0.2, 0.25) is 0 Å². The molecule has 0 aliphatic rings. The zero-order valence-electron chi connectivity index (χ0n) is 12.7. The van der Waals surface area contributed by atoms with Crippen LogP contribution >= 0.6 is 0 Å². The fourth-order valence-corrected chi connectivity index (χ4v) is 2.24. The maximum absolute atomic E-state index is 6.13. The summed E-state index contributed by atoms with van der Waals surface area (Å²) in [4.78, 5) is 4.42. The Kier molecular flexibility index (Phi) is 4.23. The first kappa shape index (κ1) is 14.7. The highest BCUT2D eigenvalue weighted by atomic mass is 16.5. The average Bonchev–Trinajstić information content (AvgIpc) is 2.75. The second-order valence-electron chi connectivity index (χ2n) is 6.61. The Morgan fingerprint density at radius 1 is 1.20 bits per heavy atom. The van der Waals surface area contributed by atoms with E-state index in [1.807, 2.05) is 24.3 Å². The molecule has 2 N–H and O–H groups in total. The molecular weight excluding hydrogens is 250 g/mol. The van der Waals surface area contributed by atoms with Crippen molar-refractivity contribution in [3.63, 3.8) is 0 Å². The van der Waals surface area contributed by atoms with Crippen LogP contribution < -0.4 is 5.73 Å². The van der Waals surface area contributed by atoms with Gasteiger partial charge in [-0.15, -0.1) is 0 Å². The summed E-state index contributed by atoms with van der Waals surface area (Å²) >= 11 is 0. The van der Waals surface area contributed by atoms with Gasteiger partial charge in [-0.3, -0.25) is 0 Å². The van der Waals surface area contributed by atoms with Crippen molar-refractivity contribution >= 4 is 0 Å². The van der Waals surface area contributed by atoms with Gasteiger partial charge in [0.15, 0.2) is 0 Å². The van der Waals surface area contributed by atoms with E-state index in [0.717, 1.165) is 12.0 Å². The molecule has 2 aromatic rings. The van der Waals surface area contributed by atoms with Crippen LogP contribution in [0.3, 0.4) is 0 Å². The normalized spacial score (nSPS) is 13.4. The van der Waals surface area contributed by atoms with Crippen molar-refractivity contribution in [2.45, 2.75) is 46.6 Å². The summed E-state index contributed by atoms with van der Waals surface area (Å²) in [6, 6.07) is 8.12. The van der Waals surface area contributed by atoms with Crippen LogP contribution in [0.4, 0.5) is 0 Å². The summed E-state index contributed by atoms with van der Waals surface area (Å²) in [5.41, 5.74) is 8.52. The van der Waals surface area contributed by atoms with E-state index >= 15 is 0 Å². The Morgan fingerprint density at radius 3 is 2.45 bits per heavy atom. The molecule has 0 aliphatic heterocycles. The molecule has 0 amide bonds. The Balaban J connectivity index is 2.04. The van der Waals surface area contributed by atoms with E-state index in [4.69, 9.17) is 10.3 Å². The highest BCUT2D eigenvalue weighted by molar-refractivity contribution is 5.54. The lowest BCUT2D eigenvalue weighted by Crippen LogP contribution is -2.28. The minimum atomic E-state index is 0.0429. The third-order valence-corrected chi connectivity index (χ3v) is 3.09. The molecule has 0 bridgehead atoms. The molecule has 0 spiro atoms. The number of aromatic nitrogens is 2. The van der Waals surface area contributed by atoms with Crippen molar-refractivity contribution in [3.8, 4) is 11.4 Å². The maximum Gasteiger partial charge on any atom is 0.228 e. The molecule has 0 radical (unpaired) electrons. The molecular formula is C16H23N3O. The molecule has 0 fully saturated rings. The SMILES string of the molecule is Cc1ccc(-c2noc(CC(N)CC(C)(C)C)n2)cc1. The number of hydrogen-bond donors (Lipinski definition) is 1. The number of rotatable bonds is 4. The third kappa shape index (κ3) is 4.17. The minimum absolute atomic E-state index is 0.0429. The second-order valence-corrected chi connectivity index (χ2v) is 6.61. The van der Waals surface area contributed by atoms with Gasteiger partial charge in [-0.1, -0.05) is 55.8 Å². The van der Waals surface area contributed by atoms with Crippen LogP contribution in [-0.4, -0.2) is 16.2 Å². The Labute approximate surface area is 120 Å². The molecule has 1 atom stereocenters. The molecule has 1 unspecified atom stereocenters. The molecule has 1 heterocycles. The van der Waals surface area contributed by atoms with Crippen LogP contribution in [0.5, 0.6) is 0 Å². The van der Waals surface area contributed by atoms with Crippen molar-refractivity contribution < 1.29 is 4.52 Å². The van der Waals surface area contributed by atoms with Crippen LogP contribution in [0, 0.1) is 12.3 Å². The fourth-order valence-electron chi connectivity index (χ4n) is 2.24. The van der Waals surface area contributed by atoms with Crippen molar-refractivity contribution in [2.75, 3.05) is 0 Å². The summed E-state index contributed by atoms with van der Waals surface area (Å²) in [5.74, 6) is 1.24. The van der Waals surface area contributed by atoms with E-state index in [1.165, 1.54) is 5.56 Å². The molecule has 0 saturated carbocycles. The van der Waals surface area contributed by atoms with E-state index in [9.17, 15) is 0 Å². The lowest BCUT2D eigenvalue weighted by atomic mass is 9.87. The van der Waals surface area contributed by atoms with Crippen molar-refractivity contribution in [1.82, 2.24) is 10.1 Å². The van der Waals surface area contributed by atoms with Gasteiger partial charge < -0.3 is 10.3 Å². The minimum Gasteiger partial charge on any atom is -0.339 e. The monoisotopic (exact) mass is 273 g/mol. The van der Waals surface area contributed by atoms with E-state index in [0.29, 0.717) is 18.1 Å². The van der Waals surface area contributed by atoms with Gasteiger partial charge in [0.1, 0.15) is 0 Å². The topological polar surface area (TPSA) is 64.9 Å².